The molecule has 0 aliphatic carbocycles. The van der Waals surface area contributed by atoms with Crippen LogP contribution in [0.15, 0.2) is 36.9 Å². The molecule has 0 radical (unpaired) electrons. The van der Waals surface area contributed by atoms with Gasteiger partial charge in [0, 0.05) is 12.8 Å². The molecule has 1 atom stereocenters. The zero-order chi connectivity index (χ0) is 13.7. The predicted molar refractivity (Wildman–Crippen MR) is 69.8 cm³/mol. The summed E-state index contributed by atoms with van der Waals surface area (Å²) < 4.78 is 6.45. The number of aromatic nitrogens is 3. The summed E-state index contributed by atoms with van der Waals surface area (Å²) >= 11 is 0. The van der Waals surface area contributed by atoms with Crippen LogP contribution in [-0.4, -0.2) is 40.4 Å². The second-order valence-electron chi connectivity index (χ2n) is 3.94. The van der Waals surface area contributed by atoms with E-state index in [9.17, 15) is 4.79 Å². The number of amides is 1. The van der Waals surface area contributed by atoms with E-state index in [-0.39, 0.29) is 12.5 Å². The number of hydrogen-bond donors (Lipinski definition) is 2. The maximum Gasteiger partial charge on any atom is 0.243 e. The van der Waals surface area contributed by atoms with E-state index in [1.165, 1.54) is 13.4 Å². The van der Waals surface area contributed by atoms with Gasteiger partial charge in [-0.15, -0.1) is 0 Å². The highest BCUT2D eigenvalue weighted by Gasteiger charge is 2.12. The van der Waals surface area contributed by atoms with Crippen molar-refractivity contribution in [2.24, 2.45) is 5.73 Å². The van der Waals surface area contributed by atoms with E-state index in [2.05, 4.69) is 15.4 Å². The molecule has 100 valence electrons. The van der Waals surface area contributed by atoms with Crippen LogP contribution in [0.5, 0.6) is 0 Å². The fourth-order valence-electron chi connectivity index (χ4n) is 1.53. The molecule has 19 heavy (non-hydrogen) atoms. The van der Waals surface area contributed by atoms with Crippen molar-refractivity contribution in [3.8, 4) is 5.69 Å². The molecule has 0 aliphatic rings. The van der Waals surface area contributed by atoms with Gasteiger partial charge < -0.3 is 15.8 Å². The summed E-state index contributed by atoms with van der Waals surface area (Å²) in [6, 6.07) is 6.52. The smallest absolute Gasteiger partial charge is 0.243 e. The highest BCUT2D eigenvalue weighted by atomic mass is 16.5. The Hall–Kier alpha value is -2.25. The average Bonchev–Trinajstić information content (AvgIpc) is 2.94. The molecule has 1 amide bonds. The maximum atomic E-state index is 11.7. The minimum absolute atomic E-state index is 0.183. The van der Waals surface area contributed by atoms with Gasteiger partial charge in [-0.2, -0.15) is 5.10 Å². The summed E-state index contributed by atoms with van der Waals surface area (Å²) in [5.74, 6) is -0.282. The van der Waals surface area contributed by atoms with Gasteiger partial charge in [0.25, 0.3) is 0 Å². The molecular formula is C12H15N5O2. The summed E-state index contributed by atoms with van der Waals surface area (Å²) in [7, 11) is 1.50. The topological polar surface area (TPSA) is 95.1 Å². The van der Waals surface area contributed by atoms with Crippen molar-refractivity contribution in [2.75, 3.05) is 19.0 Å². The third-order valence-corrected chi connectivity index (χ3v) is 2.50. The van der Waals surface area contributed by atoms with Crippen LogP contribution in [0.1, 0.15) is 0 Å². The van der Waals surface area contributed by atoms with Crippen LogP contribution in [0.25, 0.3) is 5.69 Å². The Morgan fingerprint density at radius 1 is 1.47 bits per heavy atom. The number of benzene rings is 1. The molecule has 1 unspecified atom stereocenters. The number of rotatable bonds is 5. The van der Waals surface area contributed by atoms with Crippen molar-refractivity contribution < 1.29 is 9.53 Å². The first-order chi connectivity index (χ1) is 9.20. The summed E-state index contributed by atoms with van der Waals surface area (Å²) in [5, 5.41) is 6.72. The Kier molecular flexibility index (Phi) is 4.22. The molecule has 3 N–H and O–H groups in total. The van der Waals surface area contributed by atoms with Crippen molar-refractivity contribution in [3.05, 3.63) is 36.9 Å². The van der Waals surface area contributed by atoms with E-state index in [4.69, 9.17) is 10.5 Å². The molecule has 1 aromatic heterocycles. The molecule has 1 aromatic carbocycles. The highest BCUT2D eigenvalue weighted by molar-refractivity contribution is 5.94. The number of nitrogens with zero attached hydrogens (tertiary/aromatic N) is 3. The Labute approximate surface area is 110 Å². The quantitative estimate of drug-likeness (QED) is 0.800. The Balaban J connectivity index is 2.01. The maximum absolute atomic E-state index is 11.7. The van der Waals surface area contributed by atoms with Gasteiger partial charge in [0.2, 0.25) is 5.91 Å². The summed E-state index contributed by atoms with van der Waals surface area (Å²) in [4.78, 5) is 15.5. The third-order valence-electron chi connectivity index (χ3n) is 2.50. The number of methoxy groups -OCH3 is 1. The van der Waals surface area contributed by atoms with E-state index < -0.39 is 6.04 Å². The number of ether oxygens (including phenoxy) is 1. The SMILES string of the molecule is COCC(N)C(=O)Nc1ccc(-n2cncn2)cc1. The first kappa shape index (κ1) is 13.2. The lowest BCUT2D eigenvalue weighted by Crippen LogP contribution is -2.39. The van der Waals surface area contributed by atoms with Crippen molar-refractivity contribution in [1.82, 2.24) is 14.8 Å². The van der Waals surface area contributed by atoms with Crippen LogP contribution in [0, 0.1) is 0 Å². The zero-order valence-corrected chi connectivity index (χ0v) is 10.5. The molecule has 0 saturated carbocycles. The normalized spacial score (nSPS) is 12.1. The van der Waals surface area contributed by atoms with Crippen LogP contribution < -0.4 is 11.1 Å². The largest absolute Gasteiger partial charge is 0.383 e. The van der Waals surface area contributed by atoms with Crippen LogP contribution >= 0.6 is 0 Å². The monoisotopic (exact) mass is 261 g/mol. The van der Waals surface area contributed by atoms with E-state index in [1.807, 2.05) is 12.1 Å². The Morgan fingerprint density at radius 2 is 2.21 bits per heavy atom. The predicted octanol–water partition coefficient (Wildman–Crippen LogP) is 0.179. The minimum Gasteiger partial charge on any atom is -0.383 e. The van der Waals surface area contributed by atoms with Gasteiger partial charge in [-0.1, -0.05) is 0 Å². The molecule has 0 saturated heterocycles. The zero-order valence-electron chi connectivity index (χ0n) is 10.5. The van der Waals surface area contributed by atoms with E-state index in [0.717, 1.165) is 5.69 Å². The molecule has 7 heteroatoms. The lowest BCUT2D eigenvalue weighted by atomic mass is 10.2. The first-order valence-corrected chi connectivity index (χ1v) is 5.71. The first-order valence-electron chi connectivity index (χ1n) is 5.71. The van der Waals surface area contributed by atoms with Gasteiger partial charge in [-0.3, -0.25) is 4.79 Å². The average molecular weight is 261 g/mol. The molecule has 7 nitrogen and oxygen atoms in total. The van der Waals surface area contributed by atoms with E-state index in [1.54, 1.807) is 23.1 Å². The summed E-state index contributed by atoms with van der Waals surface area (Å²) in [6.07, 6.45) is 3.06. The number of carbonyl (C=O) groups is 1. The van der Waals surface area contributed by atoms with Gasteiger partial charge in [0.05, 0.1) is 12.3 Å². The van der Waals surface area contributed by atoms with Crippen molar-refractivity contribution in [2.45, 2.75) is 6.04 Å². The van der Waals surface area contributed by atoms with E-state index >= 15 is 0 Å². The van der Waals surface area contributed by atoms with Crippen LogP contribution in [0.2, 0.25) is 0 Å². The highest BCUT2D eigenvalue weighted by Crippen LogP contribution is 2.12. The third kappa shape index (κ3) is 3.36. The lowest BCUT2D eigenvalue weighted by Gasteiger charge is -2.11. The Morgan fingerprint density at radius 3 is 2.79 bits per heavy atom. The molecule has 0 spiro atoms. The van der Waals surface area contributed by atoms with Gasteiger partial charge in [-0.05, 0) is 24.3 Å². The van der Waals surface area contributed by atoms with Gasteiger partial charge in [0.1, 0.15) is 18.7 Å². The summed E-state index contributed by atoms with van der Waals surface area (Å²) in [6.45, 7) is 0.183. The van der Waals surface area contributed by atoms with Gasteiger partial charge in [0.15, 0.2) is 0 Å². The minimum atomic E-state index is -0.681. The second-order valence-corrected chi connectivity index (χ2v) is 3.94. The van der Waals surface area contributed by atoms with Gasteiger partial charge >= 0.3 is 0 Å². The molecule has 0 bridgehead atoms. The molecule has 2 aromatic rings. The molecule has 0 aliphatic heterocycles. The van der Waals surface area contributed by atoms with Crippen LogP contribution in [0.3, 0.4) is 0 Å². The number of hydrogen-bond acceptors (Lipinski definition) is 5. The Bertz CT molecular complexity index is 524. The van der Waals surface area contributed by atoms with Crippen molar-refractivity contribution in [1.29, 1.82) is 0 Å². The fraction of sp³-hybridized carbons (Fsp3) is 0.250. The second kappa shape index (κ2) is 6.07. The number of nitrogens with two attached hydrogens (primary N) is 1. The molecule has 1 heterocycles. The van der Waals surface area contributed by atoms with Crippen LogP contribution in [-0.2, 0) is 9.53 Å². The molecular weight excluding hydrogens is 246 g/mol. The number of carbonyl (C=O) groups excluding carboxylic acids is 1. The van der Waals surface area contributed by atoms with Crippen molar-refractivity contribution in [3.63, 3.8) is 0 Å². The van der Waals surface area contributed by atoms with Crippen molar-refractivity contribution >= 4 is 11.6 Å². The summed E-state index contributed by atoms with van der Waals surface area (Å²) in [5.41, 5.74) is 7.15. The van der Waals surface area contributed by atoms with E-state index in [0.29, 0.717) is 5.69 Å². The number of nitrogens with one attached hydrogen (secondary N) is 1. The fourth-order valence-corrected chi connectivity index (χ4v) is 1.53. The number of anilines is 1. The molecule has 0 fully saturated rings. The standard InChI is InChI=1S/C12H15N5O2/c1-19-6-11(13)12(18)16-9-2-4-10(5-3-9)17-8-14-7-15-17/h2-5,7-8,11H,6,13H2,1H3,(H,16,18). The van der Waals surface area contributed by atoms with Crippen LogP contribution in [0.4, 0.5) is 5.69 Å². The molecule has 2 rings (SSSR count). The lowest BCUT2D eigenvalue weighted by molar-refractivity contribution is -0.118. The van der Waals surface area contributed by atoms with Gasteiger partial charge in [-0.25, -0.2) is 9.67 Å².